The summed E-state index contributed by atoms with van der Waals surface area (Å²) >= 11 is 5.97. The first kappa shape index (κ1) is 9.97. The Morgan fingerprint density at radius 2 is 2.36 bits per heavy atom. The standard InChI is InChI=1S/C11H15ClN2/c1-9-7-10(3-4-11(9)12)8-14-6-2-5-13-14/h3-4,7,13H,2,5-6,8H2,1H3. The van der Waals surface area contributed by atoms with Crippen LogP contribution in [0.4, 0.5) is 0 Å². The molecule has 0 unspecified atom stereocenters. The van der Waals surface area contributed by atoms with Gasteiger partial charge in [-0.15, -0.1) is 0 Å². The number of hydrogen-bond acceptors (Lipinski definition) is 2. The van der Waals surface area contributed by atoms with Gasteiger partial charge in [0.05, 0.1) is 0 Å². The Morgan fingerprint density at radius 3 is 3.00 bits per heavy atom. The molecule has 2 nitrogen and oxygen atoms in total. The van der Waals surface area contributed by atoms with Crippen LogP contribution in [0, 0.1) is 6.92 Å². The van der Waals surface area contributed by atoms with Gasteiger partial charge in [-0.1, -0.05) is 23.7 Å². The average Bonchev–Trinajstić information content (AvgIpc) is 2.64. The molecule has 1 heterocycles. The van der Waals surface area contributed by atoms with E-state index in [2.05, 4.69) is 22.6 Å². The van der Waals surface area contributed by atoms with Crippen LogP contribution in [0.5, 0.6) is 0 Å². The molecule has 1 N–H and O–H groups in total. The molecule has 0 aromatic heterocycles. The van der Waals surface area contributed by atoms with Crippen LogP contribution in [0.25, 0.3) is 0 Å². The van der Waals surface area contributed by atoms with Gasteiger partial charge in [0.1, 0.15) is 0 Å². The van der Waals surface area contributed by atoms with E-state index in [1.54, 1.807) is 0 Å². The van der Waals surface area contributed by atoms with Gasteiger partial charge < -0.3 is 0 Å². The number of rotatable bonds is 2. The minimum Gasteiger partial charge on any atom is -0.255 e. The van der Waals surface area contributed by atoms with Gasteiger partial charge >= 0.3 is 0 Å². The van der Waals surface area contributed by atoms with Crippen molar-refractivity contribution in [3.8, 4) is 0 Å². The van der Waals surface area contributed by atoms with Crippen LogP contribution >= 0.6 is 11.6 Å². The normalized spacial score (nSPS) is 17.6. The molecule has 14 heavy (non-hydrogen) atoms. The summed E-state index contributed by atoms with van der Waals surface area (Å²) in [5.74, 6) is 0. The molecule has 0 aliphatic carbocycles. The lowest BCUT2D eigenvalue weighted by Crippen LogP contribution is -2.29. The summed E-state index contributed by atoms with van der Waals surface area (Å²) in [7, 11) is 0. The Balaban J connectivity index is 2.05. The van der Waals surface area contributed by atoms with Gasteiger partial charge in [-0.3, -0.25) is 5.43 Å². The zero-order chi connectivity index (χ0) is 9.97. The highest BCUT2D eigenvalue weighted by Crippen LogP contribution is 2.17. The van der Waals surface area contributed by atoms with E-state index in [-0.39, 0.29) is 0 Å². The van der Waals surface area contributed by atoms with Gasteiger partial charge in [0.25, 0.3) is 0 Å². The first-order valence-corrected chi connectivity index (χ1v) is 5.37. The Kier molecular flexibility index (Phi) is 3.06. The van der Waals surface area contributed by atoms with Gasteiger partial charge in [-0.2, -0.15) is 0 Å². The smallest absolute Gasteiger partial charge is 0.0435 e. The van der Waals surface area contributed by atoms with E-state index >= 15 is 0 Å². The second-order valence-electron chi connectivity index (χ2n) is 3.77. The van der Waals surface area contributed by atoms with Crippen molar-refractivity contribution in [3.63, 3.8) is 0 Å². The highest BCUT2D eigenvalue weighted by atomic mass is 35.5. The second-order valence-corrected chi connectivity index (χ2v) is 4.17. The van der Waals surface area contributed by atoms with Gasteiger partial charge in [-0.05, 0) is 30.5 Å². The molecule has 0 spiro atoms. The Labute approximate surface area is 89.8 Å². The third-order valence-corrected chi connectivity index (χ3v) is 2.96. The zero-order valence-electron chi connectivity index (χ0n) is 8.39. The minimum atomic E-state index is 0.850. The van der Waals surface area contributed by atoms with E-state index < -0.39 is 0 Å². The van der Waals surface area contributed by atoms with E-state index in [4.69, 9.17) is 11.6 Å². The van der Waals surface area contributed by atoms with Gasteiger partial charge in [0.2, 0.25) is 0 Å². The van der Waals surface area contributed by atoms with E-state index in [1.165, 1.54) is 12.0 Å². The summed E-state index contributed by atoms with van der Waals surface area (Å²) in [5.41, 5.74) is 5.82. The molecule has 1 fully saturated rings. The largest absolute Gasteiger partial charge is 0.255 e. The molecule has 0 saturated carbocycles. The van der Waals surface area contributed by atoms with E-state index in [0.29, 0.717) is 0 Å². The highest BCUT2D eigenvalue weighted by molar-refractivity contribution is 6.31. The molecule has 1 aliphatic heterocycles. The fourth-order valence-electron chi connectivity index (χ4n) is 1.75. The lowest BCUT2D eigenvalue weighted by Gasteiger charge is -2.15. The molecule has 1 aromatic carbocycles. The molecule has 0 bridgehead atoms. The highest BCUT2D eigenvalue weighted by Gasteiger charge is 2.10. The molecule has 0 atom stereocenters. The van der Waals surface area contributed by atoms with Crippen LogP contribution in [0.15, 0.2) is 18.2 Å². The topological polar surface area (TPSA) is 15.3 Å². The van der Waals surface area contributed by atoms with Crippen LogP contribution in [0.1, 0.15) is 17.5 Å². The summed E-state index contributed by atoms with van der Waals surface area (Å²) in [6, 6.07) is 6.22. The fourth-order valence-corrected chi connectivity index (χ4v) is 1.86. The molecule has 3 heteroatoms. The molecule has 0 amide bonds. The van der Waals surface area contributed by atoms with Crippen molar-refractivity contribution in [1.29, 1.82) is 0 Å². The second kappa shape index (κ2) is 4.30. The minimum absolute atomic E-state index is 0.850. The number of aryl methyl sites for hydroxylation is 1. The molecule has 2 rings (SSSR count). The molecular weight excluding hydrogens is 196 g/mol. The van der Waals surface area contributed by atoms with Crippen LogP contribution in [-0.2, 0) is 6.54 Å². The van der Waals surface area contributed by atoms with E-state index in [9.17, 15) is 0 Å². The predicted octanol–water partition coefficient (Wildman–Crippen LogP) is 2.36. The summed E-state index contributed by atoms with van der Waals surface area (Å²) < 4.78 is 0. The quantitative estimate of drug-likeness (QED) is 0.807. The molecule has 1 saturated heterocycles. The zero-order valence-corrected chi connectivity index (χ0v) is 9.14. The maximum absolute atomic E-state index is 5.97. The number of benzene rings is 1. The summed E-state index contributed by atoms with van der Waals surface area (Å²) in [5, 5.41) is 3.10. The van der Waals surface area contributed by atoms with Crippen molar-refractivity contribution in [3.05, 3.63) is 34.3 Å². The summed E-state index contributed by atoms with van der Waals surface area (Å²) in [4.78, 5) is 0. The first-order valence-electron chi connectivity index (χ1n) is 4.99. The average molecular weight is 211 g/mol. The molecule has 1 aromatic rings. The maximum Gasteiger partial charge on any atom is 0.0435 e. The van der Waals surface area contributed by atoms with Gasteiger partial charge in [0, 0.05) is 24.7 Å². The molecular formula is C11H15ClN2. The lowest BCUT2D eigenvalue weighted by atomic mass is 10.1. The predicted molar refractivity (Wildman–Crippen MR) is 59.2 cm³/mol. The van der Waals surface area contributed by atoms with Crippen molar-refractivity contribution in [2.45, 2.75) is 19.9 Å². The number of nitrogens with one attached hydrogen (secondary N) is 1. The van der Waals surface area contributed by atoms with E-state index in [0.717, 1.165) is 30.2 Å². The summed E-state index contributed by atoms with van der Waals surface area (Å²) in [6.45, 7) is 5.26. The first-order chi connectivity index (χ1) is 6.75. The van der Waals surface area contributed by atoms with Crippen LogP contribution in [0.3, 0.4) is 0 Å². The van der Waals surface area contributed by atoms with Gasteiger partial charge in [-0.25, -0.2) is 5.01 Å². The number of hydrazine groups is 1. The number of hydrogen-bond donors (Lipinski definition) is 1. The van der Waals surface area contributed by atoms with Gasteiger partial charge in [0.15, 0.2) is 0 Å². The van der Waals surface area contributed by atoms with Crippen LogP contribution in [-0.4, -0.2) is 18.1 Å². The maximum atomic E-state index is 5.97. The Bertz CT molecular complexity index is 319. The lowest BCUT2D eigenvalue weighted by molar-refractivity contribution is 0.244. The Morgan fingerprint density at radius 1 is 1.50 bits per heavy atom. The van der Waals surface area contributed by atoms with Crippen molar-refractivity contribution >= 4 is 11.6 Å². The third-order valence-electron chi connectivity index (χ3n) is 2.54. The molecule has 76 valence electrons. The van der Waals surface area contributed by atoms with Crippen molar-refractivity contribution < 1.29 is 0 Å². The van der Waals surface area contributed by atoms with Crippen molar-refractivity contribution in [2.75, 3.05) is 13.1 Å². The van der Waals surface area contributed by atoms with Crippen LogP contribution in [0.2, 0.25) is 5.02 Å². The van der Waals surface area contributed by atoms with Crippen LogP contribution < -0.4 is 5.43 Å². The Hall–Kier alpha value is -0.570. The fraction of sp³-hybridized carbons (Fsp3) is 0.455. The molecule has 0 radical (unpaired) electrons. The number of halogens is 1. The van der Waals surface area contributed by atoms with Crippen molar-refractivity contribution in [2.24, 2.45) is 0 Å². The molecule has 1 aliphatic rings. The SMILES string of the molecule is Cc1cc(CN2CCCN2)ccc1Cl. The number of nitrogens with zero attached hydrogens (tertiary/aromatic N) is 1. The van der Waals surface area contributed by atoms with Crippen molar-refractivity contribution in [1.82, 2.24) is 10.4 Å². The van der Waals surface area contributed by atoms with E-state index in [1.807, 2.05) is 13.0 Å². The summed E-state index contributed by atoms with van der Waals surface area (Å²) in [6.07, 6.45) is 1.24. The third kappa shape index (κ3) is 2.27. The monoisotopic (exact) mass is 210 g/mol.